The number of pyridine rings is 1. The number of hydrogen-bond acceptors (Lipinski definition) is 13. The largest absolute Gasteiger partial charge is 0.543 e. The van der Waals surface area contributed by atoms with Crippen LogP contribution in [0, 0.1) is 6.92 Å². The molecule has 15 nitrogen and oxygen atoms in total. The van der Waals surface area contributed by atoms with E-state index in [0.717, 1.165) is 16.2 Å². The Bertz CT molecular complexity index is 1580. The molecule has 4 N–H and O–H groups in total. The van der Waals surface area contributed by atoms with Gasteiger partial charge < -0.3 is 30.9 Å². The lowest BCUT2D eigenvalue weighted by molar-refractivity contribution is -0.688. The van der Waals surface area contributed by atoms with Crippen molar-refractivity contribution in [1.82, 2.24) is 30.0 Å². The van der Waals surface area contributed by atoms with E-state index in [1.54, 1.807) is 34.6 Å². The minimum absolute atomic E-state index is 0.0696. The van der Waals surface area contributed by atoms with Crippen LogP contribution >= 0.6 is 23.1 Å². The highest BCUT2D eigenvalue weighted by Crippen LogP contribution is 2.40. The van der Waals surface area contributed by atoms with Gasteiger partial charge in [0.2, 0.25) is 0 Å². The van der Waals surface area contributed by atoms with Gasteiger partial charge in [0.1, 0.15) is 30.0 Å². The van der Waals surface area contributed by atoms with Crippen molar-refractivity contribution in [2.45, 2.75) is 31.4 Å². The number of oxime groups is 1. The van der Waals surface area contributed by atoms with Crippen molar-refractivity contribution >= 4 is 51.7 Å². The molecule has 5 heterocycles. The van der Waals surface area contributed by atoms with Crippen LogP contribution in [0.2, 0.25) is 0 Å². The van der Waals surface area contributed by atoms with Crippen LogP contribution in [0.4, 0.5) is 5.13 Å². The van der Waals surface area contributed by atoms with Gasteiger partial charge in [0, 0.05) is 22.8 Å². The molecule has 1 saturated heterocycles. The van der Waals surface area contributed by atoms with Crippen LogP contribution in [0.3, 0.4) is 0 Å². The second-order valence-electron chi connectivity index (χ2n) is 8.99. The molecule has 1 fully saturated rings. The SMILES string of the molecule is CO/N=C(\C(=O)N[C@@H]1C(=O)N2C(C(=O)[O-])=C(C[n+]3cccc(-c4nc(C)n(CCO)n4)c3)CS[C@H]12)c1csc(N)n1. The molecule has 0 aliphatic carbocycles. The Kier molecular flexibility index (Phi) is 8.00. The molecule has 0 radical (unpaired) electrons. The van der Waals surface area contributed by atoms with E-state index in [9.17, 15) is 24.6 Å². The molecule has 0 spiro atoms. The molecular formula is C24H25N9O6S2. The molecule has 2 aliphatic heterocycles. The monoisotopic (exact) mass is 599 g/mol. The van der Waals surface area contributed by atoms with Crippen LogP contribution in [0.15, 0.2) is 46.3 Å². The summed E-state index contributed by atoms with van der Waals surface area (Å²) >= 11 is 2.44. The summed E-state index contributed by atoms with van der Waals surface area (Å²) in [6, 6.07) is 2.62. The van der Waals surface area contributed by atoms with Gasteiger partial charge in [0.25, 0.3) is 11.8 Å². The highest BCUT2D eigenvalue weighted by Gasteiger charge is 2.53. The van der Waals surface area contributed by atoms with E-state index < -0.39 is 29.2 Å². The number of nitrogens with zero attached hydrogens (tertiary/aromatic N) is 7. The predicted molar refractivity (Wildman–Crippen MR) is 145 cm³/mol. The van der Waals surface area contributed by atoms with Gasteiger partial charge in [0.05, 0.1) is 30.4 Å². The summed E-state index contributed by atoms with van der Waals surface area (Å²) in [5.41, 5.74) is 6.64. The molecule has 2 atom stereocenters. The topological polar surface area (TPSA) is 205 Å². The Balaban J connectivity index is 1.34. The Morgan fingerprint density at radius 3 is 2.88 bits per heavy atom. The second kappa shape index (κ2) is 11.6. The minimum Gasteiger partial charge on any atom is -0.543 e. The van der Waals surface area contributed by atoms with Crippen molar-refractivity contribution in [1.29, 1.82) is 0 Å². The van der Waals surface area contributed by atoms with E-state index in [-0.39, 0.29) is 41.1 Å². The predicted octanol–water partition coefficient (Wildman–Crippen LogP) is -1.97. The Labute approximate surface area is 241 Å². The number of aliphatic hydroxyl groups is 1. The fraction of sp³-hybridized carbons (Fsp3) is 0.333. The summed E-state index contributed by atoms with van der Waals surface area (Å²) in [6.45, 7) is 2.20. The molecule has 2 amide bonds. The van der Waals surface area contributed by atoms with Crippen molar-refractivity contribution < 1.29 is 34.0 Å². The summed E-state index contributed by atoms with van der Waals surface area (Å²) in [6.07, 6.45) is 3.54. The lowest BCUT2D eigenvalue weighted by atomic mass is 10.0. The summed E-state index contributed by atoms with van der Waals surface area (Å²) in [7, 11) is 1.27. The van der Waals surface area contributed by atoms with E-state index in [4.69, 9.17) is 10.6 Å². The number of nitrogens with one attached hydrogen (secondary N) is 1. The first kappa shape index (κ1) is 28.2. The van der Waals surface area contributed by atoms with E-state index in [0.29, 0.717) is 29.3 Å². The molecule has 0 unspecified atom stereocenters. The van der Waals surface area contributed by atoms with E-state index in [2.05, 4.69) is 25.5 Å². The number of carboxylic acid groups (broad SMARTS) is 1. The van der Waals surface area contributed by atoms with Crippen molar-refractivity contribution in [3.63, 3.8) is 0 Å². The zero-order valence-corrected chi connectivity index (χ0v) is 23.5. The van der Waals surface area contributed by atoms with Gasteiger partial charge in [-0.05, 0) is 13.0 Å². The number of carbonyl (C=O) groups is 3. The summed E-state index contributed by atoms with van der Waals surface area (Å²) in [4.78, 5) is 52.7. The number of carbonyl (C=O) groups excluding carboxylic acids is 3. The van der Waals surface area contributed by atoms with Crippen LogP contribution in [0.25, 0.3) is 11.4 Å². The number of hydrogen-bond donors (Lipinski definition) is 3. The smallest absolute Gasteiger partial charge is 0.276 e. The van der Waals surface area contributed by atoms with Crippen LogP contribution in [-0.4, -0.2) is 84.1 Å². The van der Waals surface area contributed by atoms with Gasteiger partial charge in [0.15, 0.2) is 35.6 Å². The van der Waals surface area contributed by atoms with Gasteiger partial charge in [-0.25, -0.2) is 19.2 Å². The lowest BCUT2D eigenvalue weighted by Crippen LogP contribution is -2.71. The van der Waals surface area contributed by atoms with Crippen LogP contribution in [0.5, 0.6) is 0 Å². The van der Waals surface area contributed by atoms with Crippen molar-refractivity contribution in [2.24, 2.45) is 5.16 Å². The molecule has 41 heavy (non-hydrogen) atoms. The number of nitrogen functional groups attached to an aromatic ring is 1. The lowest BCUT2D eigenvalue weighted by Gasteiger charge is -2.50. The number of thioether (sulfide) groups is 1. The number of amides is 2. The number of aliphatic hydroxyl groups excluding tert-OH is 1. The van der Waals surface area contributed by atoms with E-state index in [1.807, 2.05) is 6.07 Å². The average Bonchev–Trinajstić information content (AvgIpc) is 3.55. The molecule has 3 aromatic rings. The third-order valence-corrected chi connectivity index (χ3v) is 8.36. The second-order valence-corrected chi connectivity index (χ2v) is 11.0. The zero-order chi connectivity index (χ0) is 29.3. The Morgan fingerprint density at radius 2 is 2.20 bits per heavy atom. The highest BCUT2D eigenvalue weighted by atomic mass is 32.2. The first-order chi connectivity index (χ1) is 19.7. The molecule has 0 saturated carbocycles. The number of aliphatic carboxylic acids is 1. The van der Waals surface area contributed by atoms with Crippen molar-refractivity contribution in [3.8, 4) is 11.4 Å². The summed E-state index contributed by atoms with van der Waals surface area (Å²) in [5, 5.41) is 33.3. The Morgan fingerprint density at radius 1 is 1.39 bits per heavy atom. The average molecular weight is 600 g/mol. The molecule has 3 aromatic heterocycles. The maximum absolute atomic E-state index is 13.1. The number of rotatable bonds is 10. The van der Waals surface area contributed by atoms with Crippen LogP contribution in [0.1, 0.15) is 11.5 Å². The Hall–Kier alpha value is -4.35. The van der Waals surface area contributed by atoms with Crippen LogP contribution < -0.4 is 20.7 Å². The summed E-state index contributed by atoms with van der Waals surface area (Å²) in [5.74, 6) is -1.39. The molecule has 17 heteroatoms. The summed E-state index contributed by atoms with van der Waals surface area (Å²) < 4.78 is 3.37. The zero-order valence-electron chi connectivity index (χ0n) is 21.9. The number of anilines is 1. The number of aromatic nitrogens is 5. The number of nitrogens with two attached hydrogens (primary N) is 1. The van der Waals surface area contributed by atoms with E-state index in [1.165, 1.54) is 24.3 Å². The minimum atomic E-state index is -1.49. The number of aryl methyl sites for hydroxylation is 1. The van der Waals surface area contributed by atoms with Gasteiger partial charge in [-0.15, -0.1) is 23.1 Å². The molecular weight excluding hydrogens is 574 g/mol. The maximum atomic E-state index is 13.1. The molecule has 0 aromatic carbocycles. The first-order valence-corrected chi connectivity index (χ1v) is 14.2. The third kappa shape index (κ3) is 5.50. The maximum Gasteiger partial charge on any atom is 0.276 e. The third-order valence-electron chi connectivity index (χ3n) is 6.35. The number of thiazole rings is 1. The molecule has 2 aliphatic rings. The number of fused-ring (bicyclic) bond motifs is 1. The van der Waals surface area contributed by atoms with Gasteiger partial charge in [-0.3, -0.25) is 14.5 Å². The van der Waals surface area contributed by atoms with Crippen molar-refractivity contribution in [2.75, 3.05) is 25.2 Å². The van der Waals surface area contributed by atoms with E-state index >= 15 is 0 Å². The normalized spacial score (nSPS) is 18.7. The number of carboxylic acids is 1. The van der Waals surface area contributed by atoms with Crippen molar-refractivity contribution in [3.05, 3.63) is 52.7 Å². The first-order valence-electron chi connectivity index (χ1n) is 12.2. The molecule has 5 rings (SSSR count). The quantitative estimate of drug-likeness (QED) is 0.101. The van der Waals surface area contributed by atoms with Gasteiger partial charge >= 0.3 is 0 Å². The molecule has 214 valence electrons. The van der Waals surface area contributed by atoms with Gasteiger partial charge in [-0.2, -0.15) is 5.10 Å². The number of β-lactam (4-membered cyclic amide) rings is 1. The van der Waals surface area contributed by atoms with Crippen LogP contribution in [-0.2, 0) is 32.3 Å². The fourth-order valence-corrected chi connectivity index (χ4v) is 6.40. The van der Waals surface area contributed by atoms with Gasteiger partial charge in [-0.1, -0.05) is 5.16 Å². The molecule has 0 bridgehead atoms. The fourth-order valence-electron chi connectivity index (χ4n) is 4.52. The standard InChI is InChI=1S/C24H25N9O6S2/c1-12-26-19(29-32(12)6-7-34)13-4-3-5-31(8-13)9-14-10-40-22-17(21(36)33(22)18(14)23(37)38)28-20(35)16(30-39-2)15-11-41-24(25)27-15/h3-5,8,11,17,22,34H,6-7,9-10H2,1-2H3,(H3-,25,27,28,35,37,38)/b30-16-/t17-,22-/m1/s1. The highest BCUT2D eigenvalue weighted by molar-refractivity contribution is 8.00.